The molecule has 1 saturated carbocycles. The SMILES string of the molecule is Cc1c(O)cccc1C(=O)N[C@@H](Cc1ccccc1)[C@H](O)C(=O)N1CSC2(CCCCC2)[C@H]1C(=O)N[C@@H]1C=CCCC1. The Hall–Kier alpha value is -3.30. The number of hydrogen-bond acceptors (Lipinski definition) is 6. The minimum atomic E-state index is -1.57. The third-order valence-electron chi connectivity index (χ3n) is 8.91. The number of phenols is 1. The number of thioether (sulfide) groups is 1. The third-order valence-corrected chi connectivity index (χ3v) is 10.5. The van der Waals surface area contributed by atoms with Gasteiger partial charge in [-0.05, 0) is 63.1 Å². The molecule has 5 rings (SSSR count). The molecule has 224 valence electrons. The van der Waals surface area contributed by atoms with Crippen molar-refractivity contribution < 1.29 is 24.6 Å². The lowest BCUT2D eigenvalue weighted by atomic mass is 9.81. The molecule has 0 bridgehead atoms. The number of hydrogen-bond donors (Lipinski definition) is 4. The number of aliphatic hydroxyl groups excluding tert-OH is 1. The molecule has 8 nitrogen and oxygen atoms in total. The van der Waals surface area contributed by atoms with Gasteiger partial charge in [-0.25, -0.2) is 0 Å². The summed E-state index contributed by atoms with van der Waals surface area (Å²) in [5, 5.41) is 27.8. The third kappa shape index (κ3) is 6.52. The summed E-state index contributed by atoms with van der Waals surface area (Å²) >= 11 is 1.65. The minimum Gasteiger partial charge on any atom is -0.508 e. The number of rotatable bonds is 8. The molecule has 1 aliphatic heterocycles. The van der Waals surface area contributed by atoms with Gasteiger partial charge in [0, 0.05) is 21.9 Å². The van der Waals surface area contributed by atoms with E-state index in [1.807, 2.05) is 36.4 Å². The molecule has 0 radical (unpaired) electrons. The van der Waals surface area contributed by atoms with Gasteiger partial charge in [0.05, 0.1) is 11.9 Å². The van der Waals surface area contributed by atoms with E-state index < -0.39 is 30.0 Å². The van der Waals surface area contributed by atoms with Crippen LogP contribution < -0.4 is 10.6 Å². The van der Waals surface area contributed by atoms with E-state index in [9.17, 15) is 24.6 Å². The van der Waals surface area contributed by atoms with Crippen molar-refractivity contribution in [3.8, 4) is 5.75 Å². The highest BCUT2D eigenvalue weighted by molar-refractivity contribution is 8.01. The fraction of sp³-hybridized carbons (Fsp3) is 0.485. The van der Waals surface area contributed by atoms with Gasteiger partial charge in [0.15, 0.2) is 6.10 Å². The summed E-state index contributed by atoms with van der Waals surface area (Å²) in [7, 11) is 0. The van der Waals surface area contributed by atoms with Crippen molar-refractivity contribution >= 4 is 29.5 Å². The van der Waals surface area contributed by atoms with Crippen molar-refractivity contribution in [1.82, 2.24) is 15.5 Å². The van der Waals surface area contributed by atoms with Crippen LogP contribution in [0.5, 0.6) is 5.75 Å². The summed E-state index contributed by atoms with van der Waals surface area (Å²) in [5.74, 6) is -0.913. The van der Waals surface area contributed by atoms with Crippen LogP contribution in [-0.4, -0.2) is 67.7 Å². The van der Waals surface area contributed by atoms with Gasteiger partial charge < -0.3 is 25.7 Å². The lowest BCUT2D eigenvalue weighted by molar-refractivity contribution is -0.147. The first-order chi connectivity index (χ1) is 20.3. The van der Waals surface area contributed by atoms with E-state index in [0.29, 0.717) is 11.4 Å². The molecule has 4 atom stereocenters. The Labute approximate surface area is 252 Å². The number of amides is 3. The van der Waals surface area contributed by atoms with Crippen LogP contribution in [0.25, 0.3) is 0 Å². The molecule has 2 aromatic carbocycles. The number of benzene rings is 2. The molecule has 1 saturated heterocycles. The van der Waals surface area contributed by atoms with Crippen LogP contribution in [0, 0.1) is 6.92 Å². The van der Waals surface area contributed by atoms with Crippen molar-refractivity contribution in [3.63, 3.8) is 0 Å². The first-order valence-corrected chi connectivity index (χ1v) is 16.0. The Bertz CT molecular complexity index is 1310. The molecular weight excluding hydrogens is 550 g/mol. The highest BCUT2D eigenvalue weighted by Gasteiger charge is 2.55. The van der Waals surface area contributed by atoms with E-state index in [-0.39, 0.29) is 34.4 Å². The Morgan fingerprint density at radius 1 is 1.05 bits per heavy atom. The topological polar surface area (TPSA) is 119 Å². The van der Waals surface area contributed by atoms with Gasteiger partial charge in [0.2, 0.25) is 5.91 Å². The van der Waals surface area contributed by atoms with Crippen LogP contribution >= 0.6 is 11.8 Å². The number of nitrogens with one attached hydrogen (secondary N) is 2. The molecule has 2 aliphatic carbocycles. The van der Waals surface area contributed by atoms with E-state index in [1.54, 1.807) is 35.7 Å². The number of carbonyl (C=O) groups excluding carboxylic acids is 3. The van der Waals surface area contributed by atoms with Gasteiger partial charge in [0.25, 0.3) is 11.8 Å². The lowest BCUT2D eigenvalue weighted by Gasteiger charge is -2.40. The van der Waals surface area contributed by atoms with Gasteiger partial charge in [-0.3, -0.25) is 14.4 Å². The first kappa shape index (κ1) is 30.2. The molecule has 0 aromatic heterocycles. The molecule has 2 fully saturated rings. The average Bonchev–Trinajstić information content (AvgIpc) is 3.36. The van der Waals surface area contributed by atoms with E-state index in [0.717, 1.165) is 56.9 Å². The standard InChI is InChI=1S/C33H41N3O5S/c1-22-25(16-11-17-27(22)37)30(39)35-26(20-23-12-5-2-6-13-23)28(38)32(41)36-21-42-33(18-9-4-10-19-33)29(36)31(40)34-24-14-7-3-8-15-24/h2,5-7,11-14,16-17,24,26,28-29,37-38H,3-4,8-10,15,18-21H2,1H3,(H,34,40)(H,35,39)/t24-,26+,28+,29-/m1/s1. The molecule has 1 heterocycles. The number of phenolic OH excluding ortho intramolecular Hbond substituents is 1. The van der Waals surface area contributed by atoms with Crippen molar-refractivity contribution in [1.29, 1.82) is 0 Å². The van der Waals surface area contributed by atoms with Crippen LogP contribution in [0.4, 0.5) is 0 Å². The number of allylic oxidation sites excluding steroid dienone is 1. The zero-order valence-corrected chi connectivity index (χ0v) is 24.9. The molecule has 3 amide bonds. The number of nitrogens with zero attached hydrogens (tertiary/aromatic N) is 1. The number of carbonyl (C=O) groups is 3. The largest absolute Gasteiger partial charge is 0.508 e. The smallest absolute Gasteiger partial charge is 0.254 e. The second-order valence-corrected chi connectivity index (χ2v) is 13.1. The van der Waals surface area contributed by atoms with Crippen LogP contribution in [0.15, 0.2) is 60.7 Å². The van der Waals surface area contributed by atoms with Gasteiger partial charge in [-0.15, -0.1) is 11.8 Å². The lowest BCUT2D eigenvalue weighted by Crippen LogP contribution is -2.60. The van der Waals surface area contributed by atoms with Crippen molar-refractivity contribution in [2.24, 2.45) is 0 Å². The van der Waals surface area contributed by atoms with Crippen molar-refractivity contribution in [2.75, 3.05) is 5.88 Å². The van der Waals surface area contributed by atoms with E-state index >= 15 is 0 Å². The Kier molecular flexibility index (Phi) is 9.58. The summed E-state index contributed by atoms with van der Waals surface area (Å²) in [6.45, 7) is 1.65. The quantitative estimate of drug-likeness (QED) is 0.341. The Balaban J connectivity index is 1.41. The number of aliphatic hydroxyl groups is 1. The molecule has 1 spiro atoms. The second-order valence-electron chi connectivity index (χ2n) is 11.7. The normalized spacial score (nSPS) is 22.9. The van der Waals surface area contributed by atoms with Crippen molar-refractivity contribution in [2.45, 2.75) is 93.7 Å². The fourth-order valence-electron chi connectivity index (χ4n) is 6.54. The first-order valence-electron chi connectivity index (χ1n) is 15.0. The van der Waals surface area contributed by atoms with Crippen LogP contribution in [0.2, 0.25) is 0 Å². The van der Waals surface area contributed by atoms with Gasteiger partial charge in [-0.1, -0.05) is 67.8 Å². The van der Waals surface area contributed by atoms with Crippen molar-refractivity contribution in [3.05, 3.63) is 77.4 Å². The molecule has 0 unspecified atom stereocenters. The minimum absolute atomic E-state index is 0.00702. The summed E-state index contributed by atoms with van der Waals surface area (Å²) in [4.78, 5) is 42.9. The predicted molar refractivity (Wildman–Crippen MR) is 164 cm³/mol. The Morgan fingerprint density at radius 2 is 1.81 bits per heavy atom. The zero-order valence-electron chi connectivity index (χ0n) is 24.1. The maximum atomic E-state index is 14.1. The summed E-state index contributed by atoms with van der Waals surface area (Å²) < 4.78 is -0.382. The summed E-state index contributed by atoms with van der Waals surface area (Å²) in [5.41, 5.74) is 1.53. The maximum absolute atomic E-state index is 14.1. The molecule has 42 heavy (non-hydrogen) atoms. The molecule has 9 heteroatoms. The summed E-state index contributed by atoms with van der Waals surface area (Å²) in [6.07, 6.45) is 10.4. The molecule has 3 aliphatic rings. The van der Waals surface area contributed by atoms with E-state index in [4.69, 9.17) is 0 Å². The van der Waals surface area contributed by atoms with Crippen LogP contribution in [0.3, 0.4) is 0 Å². The highest BCUT2D eigenvalue weighted by Crippen LogP contribution is 2.49. The van der Waals surface area contributed by atoms with Gasteiger partial charge in [-0.2, -0.15) is 0 Å². The summed E-state index contributed by atoms with van der Waals surface area (Å²) in [6, 6.07) is 12.4. The molecule has 2 aromatic rings. The van der Waals surface area contributed by atoms with E-state index in [2.05, 4.69) is 16.7 Å². The highest BCUT2D eigenvalue weighted by atomic mass is 32.2. The fourth-order valence-corrected chi connectivity index (χ4v) is 8.18. The van der Waals surface area contributed by atoms with Crippen LogP contribution in [0.1, 0.15) is 72.9 Å². The van der Waals surface area contributed by atoms with Gasteiger partial charge in [0.1, 0.15) is 11.8 Å². The molecule has 4 N–H and O–H groups in total. The average molecular weight is 592 g/mol. The monoisotopic (exact) mass is 591 g/mol. The molecular formula is C33H41N3O5S. The Morgan fingerprint density at radius 3 is 2.52 bits per heavy atom. The number of aromatic hydroxyl groups is 1. The zero-order chi connectivity index (χ0) is 29.7. The van der Waals surface area contributed by atoms with Crippen LogP contribution in [-0.2, 0) is 16.0 Å². The van der Waals surface area contributed by atoms with Gasteiger partial charge >= 0.3 is 0 Å². The second kappa shape index (κ2) is 13.3. The maximum Gasteiger partial charge on any atom is 0.254 e. The van der Waals surface area contributed by atoms with E-state index in [1.165, 1.54) is 6.07 Å². The predicted octanol–water partition coefficient (Wildman–Crippen LogP) is 4.23.